The van der Waals surface area contributed by atoms with Crippen LogP contribution in [-0.4, -0.2) is 16.1 Å². The van der Waals surface area contributed by atoms with Gasteiger partial charge in [0.15, 0.2) is 0 Å². The second-order valence-electron chi connectivity index (χ2n) is 4.41. The number of aromatic nitrogens is 1. The van der Waals surface area contributed by atoms with Gasteiger partial charge in [0.25, 0.3) is 0 Å². The summed E-state index contributed by atoms with van der Waals surface area (Å²) in [6.45, 7) is 0. The van der Waals surface area contributed by atoms with Crippen molar-refractivity contribution in [1.29, 1.82) is 0 Å². The Morgan fingerprint density at radius 2 is 2.11 bits per heavy atom. The van der Waals surface area contributed by atoms with Gasteiger partial charge in [-0.15, -0.1) is 0 Å². The van der Waals surface area contributed by atoms with Crippen LogP contribution < -0.4 is 0 Å². The first-order valence-corrected chi connectivity index (χ1v) is 5.95. The van der Waals surface area contributed by atoms with E-state index in [-0.39, 0.29) is 0 Å². The molecule has 4 nitrogen and oxygen atoms in total. The first-order valence-electron chi connectivity index (χ1n) is 5.58. The fourth-order valence-corrected chi connectivity index (χ4v) is 2.17. The smallest absolute Gasteiger partial charge is 0.315 e. The second kappa shape index (κ2) is 3.85. The van der Waals surface area contributed by atoms with Crippen LogP contribution in [0, 0.1) is 0 Å². The van der Waals surface area contributed by atoms with E-state index in [0.717, 1.165) is 0 Å². The predicted octanol–water partition coefficient (Wildman–Crippen LogP) is 3.11. The number of hydrogen-bond acceptors (Lipinski definition) is 3. The molecule has 1 N–H and O–H groups in total. The van der Waals surface area contributed by atoms with E-state index in [9.17, 15) is 9.90 Å². The van der Waals surface area contributed by atoms with Crippen LogP contribution in [0.4, 0.5) is 0 Å². The SMILES string of the molecule is O=C(O)C1(c2coc(-c3ccccc3Cl)n2)CC1. The molecule has 1 heterocycles. The van der Waals surface area contributed by atoms with Crippen molar-refractivity contribution in [3.05, 3.63) is 41.2 Å². The Morgan fingerprint density at radius 3 is 2.72 bits per heavy atom. The Kier molecular flexibility index (Phi) is 2.41. The number of rotatable bonds is 3. The number of hydrogen-bond donors (Lipinski definition) is 1. The number of nitrogens with zero attached hydrogens (tertiary/aromatic N) is 1. The van der Waals surface area contributed by atoms with Gasteiger partial charge in [0.1, 0.15) is 11.7 Å². The maximum atomic E-state index is 11.2. The number of oxazole rings is 1. The van der Waals surface area contributed by atoms with Crippen molar-refractivity contribution in [3.8, 4) is 11.5 Å². The molecule has 0 unspecified atom stereocenters. The van der Waals surface area contributed by atoms with Crippen molar-refractivity contribution in [2.24, 2.45) is 0 Å². The molecule has 1 aliphatic rings. The standard InChI is InChI=1S/C13H10ClNO3/c14-9-4-2-1-3-8(9)11-15-10(7-18-11)13(5-6-13)12(16)17/h1-4,7H,5-6H2,(H,16,17). The molecule has 1 saturated carbocycles. The Balaban J connectivity index is 2.01. The molecule has 0 atom stereocenters. The highest BCUT2D eigenvalue weighted by atomic mass is 35.5. The third-order valence-electron chi connectivity index (χ3n) is 3.26. The van der Waals surface area contributed by atoms with Crippen molar-refractivity contribution in [2.45, 2.75) is 18.3 Å². The van der Waals surface area contributed by atoms with Crippen LogP contribution in [0.1, 0.15) is 18.5 Å². The van der Waals surface area contributed by atoms with Gasteiger partial charge >= 0.3 is 5.97 Å². The summed E-state index contributed by atoms with van der Waals surface area (Å²) < 4.78 is 5.35. The van der Waals surface area contributed by atoms with Gasteiger partial charge in [-0.3, -0.25) is 4.79 Å². The van der Waals surface area contributed by atoms with E-state index in [0.29, 0.717) is 35.0 Å². The summed E-state index contributed by atoms with van der Waals surface area (Å²) >= 11 is 6.04. The Morgan fingerprint density at radius 1 is 1.39 bits per heavy atom. The molecule has 3 rings (SSSR count). The maximum Gasteiger partial charge on any atom is 0.315 e. The molecule has 1 fully saturated rings. The van der Waals surface area contributed by atoms with Crippen LogP contribution in [0.2, 0.25) is 5.02 Å². The first kappa shape index (κ1) is 11.3. The van der Waals surface area contributed by atoms with Crippen molar-refractivity contribution in [2.75, 3.05) is 0 Å². The molecule has 5 heteroatoms. The Bertz CT molecular complexity index is 616. The highest BCUT2D eigenvalue weighted by Crippen LogP contribution is 2.48. The first-order chi connectivity index (χ1) is 8.63. The van der Waals surface area contributed by atoms with Crippen molar-refractivity contribution >= 4 is 17.6 Å². The molecule has 0 spiro atoms. The van der Waals surface area contributed by atoms with Crippen LogP contribution in [0.15, 0.2) is 34.9 Å². The van der Waals surface area contributed by atoms with Gasteiger partial charge in [-0.25, -0.2) is 4.98 Å². The highest BCUT2D eigenvalue weighted by molar-refractivity contribution is 6.33. The number of carbonyl (C=O) groups is 1. The van der Waals surface area contributed by atoms with Crippen molar-refractivity contribution in [1.82, 2.24) is 4.98 Å². The number of halogens is 1. The van der Waals surface area contributed by atoms with Gasteiger partial charge in [-0.05, 0) is 25.0 Å². The van der Waals surface area contributed by atoms with Gasteiger partial charge in [-0.1, -0.05) is 23.7 Å². The summed E-state index contributed by atoms with van der Waals surface area (Å²) in [4.78, 5) is 15.5. The third-order valence-corrected chi connectivity index (χ3v) is 3.59. The normalized spacial score (nSPS) is 16.5. The average Bonchev–Trinajstić information content (AvgIpc) is 3.03. The number of carboxylic acids is 1. The summed E-state index contributed by atoms with van der Waals surface area (Å²) in [5.74, 6) is -0.482. The van der Waals surface area contributed by atoms with E-state index in [2.05, 4.69) is 4.98 Å². The monoisotopic (exact) mass is 263 g/mol. The molecular formula is C13H10ClNO3. The Labute approximate surface area is 108 Å². The summed E-state index contributed by atoms with van der Waals surface area (Å²) in [6.07, 6.45) is 2.63. The van der Waals surface area contributed by atoms with E-state index in [1.807, 2.05) is 12.1 Å². The van der Waals surface area contributed by atoms with Gasteiger partial charge in [-0.2, -0.15) is 0 Å². The molecule has 0 saturated heterocycles. The fraction of sp³-hybridized carbons (Fsp3) is 0.231. The minimum Gasteiger partial charge on any atom is -0.481 e. The molecule has 92 valence electrons. The zero-order chi connectivity index (χ0) is 12.8. The lowest BCUT2D eigenvalue weighted by atomic mass is 10.0. The fourth-order valence-electron chi connectivity index (χ4n) is 1.96. The maximum absolute atomic E-state index is 11.2. The number of aliphatic carboxylic acids is 1. The van der Waals surface area contributed by atoms with Crippen molar-refractivity contribution in [3.63, 3.8) is 0 Å². The zero-order valence-corrected chi connectivity index (χ0v) is 10.1. The van der Waals surface area contributed by atoms with E-state index >= 15 is 0 Å². The summed E-state index contributed by atoms with van der Waals surface area (Å²) in [6, 6.07) is 7.17. The molecule has 18 heavy (non-hydrogen) atoms. The predicted molar refractivity (Wildman–Crippen MR) is 65.5 cm³/mol. The third kappa shape index (κ3) is 1.61. The minimum absolute atomic E-state index is 0.364. The largest absolute Gasteiger partial charge is 0.481 e. The lowest BCUT2D eigenvalue weighted by molar-refractivity contribution is -0.140. The number of benzene rings is 1. The van der Waals surface area contributed by atoms with Crippen LogP contribution in [-0.2, 0) is 10.2 Å². The van der Waals surface area contributed by atoms with E-state index < -0.39 is 11.4 Å². The van der Waals surface area contributed by atoms with Crippen LogP contribution >= 0.6 is 11.6 Å². The molecular weight excluding hydrogens is 254 g/mol. The molecule has 0 radical (unpaired) electrons. The number of carboxylic acid groups (broad SMARTS) is 1. The van der Waals surface area contributed by atoms with Gasteiger partial charge in [0.2, 0.25) is 5.89 Å². The lowest BCUT2D eigenvalue weighted by Gasteiger charge is -2.03. The second-order valence-corrected chi connectivity index (χ2v) is 4.81. The molecule has 0 amide bonds. The highest BCUT2D eigenvalue weighted by Gasteiger charge is 2.54. The van der Waals surface area contributed by atoms with Crippen molar-refractivity contribution < 1.29 is 14.3 Å². The van der Waals surface area contributed by atoms with Crippen LogP contribution in [0.3, 0.4) is 0 Å². The van der Waals surface area contributed by atoms with Crippen LogP contribution in [0.5, 0.6) is 0 Å². The molecule has 0 aliphatic heterocycles. The Hall–Kier alpha value is -1.81. The van der Waals surface area contributed by atoms with E-state index in [1.165, 1.54) is 6.26 Å². The van der Waals surface area contributed by atoms with Gasteiger partial charge in [0, 0.05) is 0 Å². The topological polar surface area (TPSA) is 63.3 Å². The lowest BCUT2D eigenvalue weighted by Crippen LogP contribution is -2.19. The minimum atomic E-state index is -0.846. The van der Waals surface area contributed by atoms with E-state index in [1.54, 1.807) is 12.1 Å². The van der Waals surface area contributed by atoms with Gasteiger partial charge in [0.05, 0.1) is 16.3 Å². The van der Waals surface area contributed by atoms with Gasteiger partial charge < -0.3 is 9.52 Å². The quantitative estimate of drug-likeness (QED) is 0.924. The summed E-state index contributed by atoms with van der Waals surface area (Å²) in [7, 11) is 0. The molecule has 1 aromatic carbocycles. The zero-order valence-electron chi connectivity index (χ0n) is 9.39. The average molecular weight is 264 g/mol. The summed E-state index contributed by atoms with van der Waals surface area (Å²) in [5.41, 5.74) is 0.305. The molecule has 1 aromatic heterocycles. The van der Waals surface area contributed by atoms with E-state index in [4.69, 9.17) is 16.0 Å². The molecule has 2 aromatic rings. The molecule has 0 bridgehead atoms. The molecule has 1 aliphatic carbocycles. The van der Waals surface area contributed by atoms with Crippen LogP contribution in [0.25, 0.3) is 11.5 Å². The summed E-state index contributed by atoms with van der Waals surface area (Å²) in [5, 5.41) is 9.72.